The maximum Gasteiger partial charge on any atom is 0.337 e. The van der Waals surface area contributed by atoms with E-state index in [4.69, 9.17) is 22.2 Å². The molecule has 15 heteroatoms. The summed E-state index contributed by atoms with van der Waals surface area (Å²) in [4.78, 5) is 55.9. The molecule has 11 nitrogen and oxygen atoms in total. The summed E-state index contributed by atoms with van der Waals surface area (Å²) < 4.78 is 31.0. The number of nitrogen functional groups attached to an aromatic ring is 1. The number of carboxylic acids is 1. The lowest BCUT2D eigenvalue weighted by Gasteiger charge is -2.10. The number of aromatic carboxylic acids is 1. The van der Waals surface area contributed by atoms with Crippen LogP contribution in [-0.2, 0) is 30.7 Å². The highest BCUT2D eigenvalue weighted by atomic mass is 79.9. The highest BCUT2D eigenvalue weighted by Gasteiger charge is 2.27. The highest BCUT2D eigenvalue weighted by Crippen LogP contribution is 2.27. The predicted octanol–water partition coefficient (Wildman–Crippen LogP) is 12.2. The number of nitrogens with two attached hydrogens (primary N) is 1. The Kier molecular flexibility index (Phi) is 20.9. The van der Waals surface area contributed by atoms with Gasteiger partial charge in [0, 0.05) is 70.2 Å². The SMILES string of the molecule is C#Cc1cccc(F)c1.CC(C)CC1CNC(=O)C1.CC(C)CC1Cc2nc3cc(Br)ccc3c(=O)n2C1.CC(C)CC1Cc2nc3cc(C#Cc4cccc(F)c4)ccc3c(=O)n2C1.Nc1cc(Br)ccc1C(=O)O. The summed E-state index contributed by atoms with van der Waals surface area (Å²) in [5.74, 6) is 12.4. The molecule has 3 unspecified atom stereocenters. The summed E-state index contributed by atoms with van der Waals surface area (Å²) in [6, 6.07) is 28.0. The van der Waals surface area contributed by atoms with Crippen LogP contribution >= 0.6 is 31.9 Å². The molecule has 3 atom stereocenters. The molecule has 1 saturated heterocycles. The zero-order valence-electron chi connectivity index (χ0n) is 43.7. The molecule has 5 heterocycles. The van der Waals surface area contributed by atoms with Gasteiger partial charge in [-0.2, -0.15) is 0 Å². The molecule has 0 aliphatic carbocycles. The minimum Gasteiger partial charge on any atom is -0.478 e. The van der Waals surface area contributed by atoms with E-state index in [0.29, 0.717) is 51.6 Å². The van der Waals surface area contributed by atoms with Crippen LogP contribution in [0.25, 0.3) is 21.8 Å². The molecule has 0 saturated carbocycles. The van der Waals surface area contributed by atoms with Crippen molar-refractivity contribution in [2.24, 2.45) is 35.5 Å². The lowest BCUT2D eigenvalue weighted by atomic mass is 9.96. The van der Waals surface area contributed by atoms with Crippen molar-refractivity contribution >= 4 is 71.2 Å². The average molecular weight is 1160 g/mol. The number of nitrogens with zero attached hydrogens (tertiary/aromatic N) is 4. The van der Waals surface area contributed by atoms with Crippen molar-refractivity contribution in [1.82, 2.24) is 24.4 Å². The van der Waals surface area contributed by atoms with Crippen LogP contribution in [0.15, 0.2) is 122 Å². The third kappa shape index (κ3) is 16.8. The topological polar surface area (TPSA) is 162 Å². The number of terminal acetylenes is 1. The fourth-order valence-electron chi connectivity index (χ4n) is 9.60. The van der Waals surface area contributed by atoms with E-state index in [2.05, 4.69) is 101 Å². The number of carbonyl (C=O) groups is 2. The molecule has 1 fully saturated rings. The van der Waals surface area contributed by atoms with Crippen molar-refractivity contribution in [1.29, 1.82) is 0 Å². The molecule has 1 amide bonds. The molecule has 2 aromatic heterocycles. The van der Waals surface area contributed by atoms with Gasteiger partial charge >= 0.3 is 5.97 Å². The Balaban J connectivity index is 0.000000166. The first kappa shape index (κ1) is 58.3. The second kappa shape index (κ2) is 27.2. The third-order valence-electron chi connectivity index (χ3n) is 12.7. The molecule has 10 rings (SSSR count). The first-order chi connectivity index (χ1) is 36.1. The Labute approximate surface area is 460 Å². The van der Waals surface area contributed by atoms with Crippen LogP contribution in [0.1, 0.15) is 106 Å². The van der Waals surface area contributed by atoms with E-state index in [0.717, 1.165) is 94.7 Å². The maximum absolute atomic E-state index is 13.3. The first-order valence-corrected chi connectivity index (χ1v) is 27.0. The number of carboxylic acid groups (broad SMARTS) is 1. The van der Waals surface area contributed by atoms with Crippen LogP contribution < -0.4 is 22.2 Å². The van der Waals surface area contributed by atoms with Gasteiger partial charge in [-0.15, -0.1) is 6.42 Å². The normalized spacial score (nSPS) is 15.8. The Bertz CT molecular complexity index is 3450. The van der Waals surface area contributed by atoms with E-state index in [-0.39, 0.29) is 39.9 Å². The van der Waals surface area contributed by atoms with Crippen LogP contribution in [0, 0.1) is 71.3 Å². The molecule has 5 aromatic carbocycles. The number of carbonyl (C=O) groups excluding carboxylic acids is 1. The summed E-state index contributed by atoms with van der Waals surface area (Å²) in [6.45, 7) is 15.8. The molecular formula is C61H64Br2F2N6O5. The van der Waals surface area contributed by atoms with Crippen molar-refractivity contribution in [3.63, 3.8) is 0 Å². The van der Waals surface area contributed by atoms with Gasteiger partial charge in [-0.25, -0.2) is 23.5 Å². The quantitative estimate of drug-likeness (QED) is 0.105. The summed E-state index contributed by atoms with van der Waals surface area (Å²) in [7, 11) is 0. The molecule has 396 valence electrons. The molecule has 3 aliphatic rings. The summed E-state index contributed by atoms with van der Waals surface area (Å²) in [5.41, 5.74) is 9.40. The molecular weight excluding hydrogens is 1090 g/mol. The Hall–Kier alpha value is -6.94. The number of hydrogen-bond donors (Lipinski definition) is 3. The van der Waals surface area contributed by atoms with Crippen LogP contribution in [0.2, 0.25) is 0 Å². The number of amides is 1. The van der Waals surface area contributed by atoms with E-state index in [9.17, 15) is 28.0 Å². The Morgan fingerprint density at radius 3 is 1.62 bits per heavy atom. The number of anilines is 1. The molecule has 0 spiro atoms. The second-order valence-corrected chi connectivity index (χ2v) is 22.5. The standard InChI is InChI=1S/C23H21FN2O.C15H17BrN2O.C8H5F.C8H15NO.C7H6BrNO2/c1-15(2)10-18-13-22-25-21-12-17(7-6-16-4-3-5-19(24)11-16)8-9-20(21)23(27)26(22)14-18;1-9(2)5-10-6-14-17-13-7-11(16)3-4-12(13)15(19)18(14)8-10;1-2-7-4-3-5-8(9)6-7;1-6(2)3-7-4-8(10)9-5-7;8-4-1-2-5(7(10)11)6(9)3-4/h3-5,8-9,11-12,15,18H,10,13-14H2,1-2H3;3-4,7,9-10H,5-6,8H2,1-2H3;1,3-6H;6-7H,3-5H2,1-2H3,(H,9,10);1-3H,9H2,(H,10,11). The molecule has 3 aliphatic heterocycles. The van der Waals surface area contributed by atoms with Gasteiger partial charge in [-0.3, -0.25) is 23.5 Å². The van der Waals surface area contributed by atoms with Gasteiger partial charge in [-0.1, -0.05) is 103 Å². The van der Waals surface area contributed by atoms with Gasteiger partial charge < -0.3 is 16.2 Å². The van der Waals surface area contributed by atoms with E-state index >= 15 is 0 Å². The van der Waals surface area contributed by atoms with Gasteiger partial charge in [0.05, 0.1) is 27.4 Å². The van der Waals surface area contributed by atoms with Crippen LogP contribution in [-0.4, -0.2) is 42.6 Å². The van der Waals surface area contributed by atoms with Crippen molar-refractivity contribution in [3.05, 3.63) is 178 Å². The van der Waals surface area contributed by atoms with Gasteiger partial charge in [0.25, 0.3) is 11.1 Å². The van der Waals surface area contributed by atoms with Crippen molar-refractivity contribution < 1.29 is 23.5 Å². The van der Waals surface area contributed by atoms with Crippen LogP contribution in [0.3, 0.4) is 0 Å². The predicted molar refractivity (Wildman–Crippen MR) is 306 cm³/mol. The fourth-order valence-corrected chi connectivity index (χ4v) is 10.3. The maximum atomic E-state index is 13.3. The molecule has 0 bridgehead atoms. The Morgan fingerprint density at radius 2 is 1.14 bits per heavy atom. The van der Waals surface area contributed by atoms with E-state index < -0.39 is 5.97 Å². The number of aromatic nitrogens is 4. The van der Waals surface area contributed by atoms with E-state index in [1.807, 2.05) is 39.5 Å². The summed E-state index contributed by atoms with van der Waals surface area (Å²) >= 11 is 6.61. The number of hydrogen-bond acceptors (Lipinski definition) is 7. The number of benzene rings is 5. The first-order valence-electron chi connectivity index (χ1n) is 25.4. The lowest BCUT2D eigenvalue weighted by molar-refractivity contribution is -0.119. The van der Waals surface area contributed by atoms with Crippen molar-refractivity contribution in [2.45, 2.75) is 93.2 Å². The van der Waals surface area contributed by atoms with Gasteiger partial charge in [-0.05, 0) is 146 Å². The lowest BCUT2D eigenvalue weighted by Crippen LogP contribution is -2.21. The minimum atomic E-state index is -1.00. The molecule has 76 heavy (non-hydrogen) atoms. The van der Waals surface area contributed by atoms with Gasteiger partial charge in [0.15, 0.2) is 0 Å². The number of nitrogens with one attached hydrogen (secondary N) is 1. The van der Waals surface area contributed by atoms with Crippen LogP contribution in [0.4, 0.5) is 14.5 Å². The highest BCUT2D eigenvalue weighted by molar-refractivity contribution is 9.10. The zero-order valence-corrected chi connectivity index (χ0v) is 46.9. The minimum absolute atomic E-state index is 0.0332. The molecule has 7 aromatic rings. The average Bonchev–Trinajstić information content (AvgIpc) is 4.10. The number of halogens is 4. The smallest absolute Gasteiger partial charge is 0.337 e. The van der Waals surface area contributed by atoms with Gasteiger partial charge in [0.1, 0.15) is 23.3 Å². The van der Waals surface area contributed by atoms with Crippen LogP contribution in [0.5, 0.6) is 0 Å². The fraction of sp³-hybridized carbons (Fsp3) is 0.344. The number of rotatable bonds is 7. The second-order valence-electron chi connectivity index (χ2n) is 20.6. The zero-order chi connectivity index (χ0) is 55.2. The van der Waals surface area contributed by atoms with E-state index in [1.165, 1.54) is 36.8 Å². The summed E-state index contributed by atoms with van der Waals surface area (Å²) in [5, 5.41) is 12.7. The Morgan fingerprint density at radius 1 is 0.671 bits per heavy atom. The van der Waals surface area contributed by atoms with Crippen molar-refractivity contribution in [2.75, 3.05) is 12.3 Å². The largest absolute Gasteiger partial charge is 0.478 e. The molecule has 0 radical (unpaired) electrons. The number of fused-ring (bicyclic) bond motifs is 4. The van der Waals surface area contributed by atoms with Gasteiger partial charge in [0.2, 0.25) is 5.91 Å². The van der Waals surface area contributed by atoms with E-state index in [1.54, 1.807) is 42.5 Å². The van der Waals surface area contributed by atoms with Crippen molar-refractivity contribution in [3.8, 4) is 24.2 Å². The monoisotopic (exact) mass is 1160 g/mol. The summed E-state index contributed by atoms with van der Waals surface area (Å²) in [6.07, 6.45) is 11.0. The third-order valence-corrected chi connectivity index (χ3v) is 13.7. The molecule has 4 N–H and O–H groups in total.